The van der Waals surface area contributed by atoms with Gasteiger partial charge in [0.1, 0.15) is 5.75 Å². The quantitative estimate of drug-likeness (QED) is 0.861. The van der Waals surface area contributed by atoms with E-state index >= 15 is 0 Å². The first-order chi connectivity index (χ1) is 7.22. The molecule has 2 rings (SSSR count). The third kappa shape index (κ3) is 2.00. The lowest BCUT2D eigenvalue weighted by Gasteiger charge is -2.03. The molecule has 0 bridgehead atoms. The lowest BCUT2D eigenvalue weighted by atomic mass is 10.1. The van der Waals surface area contributed by atoms with Crippen LogP contribution >= 0.6 is 11.3 Å². The van der Waals surface area contributed by atoms with Crippen LogP contribution in [-0.4, -0.2) is 18.2 Å². The second kappa shape index (κ2) is 4.23. The molecule has 0 spiro atoms. The van der Waals surface area contributed by atoms with Gasteiger partial charge in [-0.25, -0.2) is 4.79 Å². The first-order valence-corrected chi connectivity index (χ1v) is 5.95. The lowest BCUT2D eigenvalue weighted by molar-refractivity contribution is 0.0699. The number of carboxylic acids is 1. The van der Waals surface area contributed by atoms with Crippen LogP contribution in [0.1, 0.15) is 46.2 Å². The van der Waals surface area contributed by atoms with Crippen LogP contribution in [0.3, 0.4) is 0 Å². The minimum absolute atomic E-state index is 0.333. The number of hydrogen-bond donors (Lipinski definition) is 1. The molecule has 0 aromatic carbocycles. The van der Waals surface area contributed by atoms with E-state index in [0.717, 1.165) is 0 Å². The normalized spacial score (nSPS) is 16.9. The van der Waals surface area contributed by atoms with E-state index in [1.807, 2.05) is 6.07 Å². The van der Waals surface area contributed by atoms with Gasteiger partial charge in [-0.05, 0) is 24.8 Å². The summed E-state index contributed by atoms with van der Waals surface area (Å²) in [7, 11) is 1.52. The van der Waals surface area contributed by atoms with Crippen LogP contribution in [0.5, 0.6) is 5.75 Å². The van der Waals surface area contributed by atoms with Gasteiger partial charge in [0.15, 0.2) is 4.88 Å². The van der Waals surface area contributed by atoms with Crippen molar-refractivity contribution < 1.29 is 14.6 Å². The number of hydrogen-bond acceptors (Lipinski definition) is 3. The predicted molar refractivity (Wildman–Crippen MR) is 59.0 cm³/mol. The van der Waals surface area contributed by atoms with Gasteiger partial charge >= 0.3 is 5.97 Å². The smallest absolute Gasteiger partial charge is 0.349 e. The largest absolute Gasteiger partial charge is 0.495 e. The standard InChI is InChI=1S/C11H14O3S/c1-14-8-6-9(7-4-2-3-5-7)15-10(8)11(12)13/h6-7H,2-5H2,1H3,(H,12,13). The molecule has 1 aliphatic rings. The number of carboxylic acid groups (broad SMARTS) is 1. The van der Waals surface area contributed by atoms with Crippen LogP contribution < -0.4 is 4.74 Å². The van der Waals surface area contributed by atoms with Crippen LogP contribution in [-0.2, 0) is 0 Å². The third-order valence-corrected chi connectivity index (χ3v) is 4.16. The maximum Gasteiger partial charge on any atom is 0.349 e. The van der Waals surface area contributed by atoms with Gasteiger partial charge < -0.3 is 9.84 Å². The van der Waals surface area contributed by atoms with E-state index < -0.39 is 5.97 Å². The maximum absolute atomic E-state index is 10.9. The highest BCUT2D eigenvalue weighted by atomic mass is 32.1. The molecular weight excluding hydrogens is 212 g/mol. The number of rotatable bonds is 3. The SMILES string of the molecule is COc1cc(C2CCCC2)sc1C(=O)O. The van der Waals surface area contributed by atoms with E-state index in [0.29, 0.717) is 16.5 Å². The Labute approximate surface area is 92.7 Å². The maximum atomic E-state index is 10.9. The Bertz CT molecular complexity index is 364. The topological polar surface area (TPSA) is 46.5 Å². The van der Waals surface area contributed by atoms with Gasteiger partial charge in [0, 0.05) is 4.88 Å². The molecule has 15 heavy (non-hydrogen) atoms. The lowest BCUT2D eigenvalue weighted by Crippen LogP contribution is -1.94. The zero-order chi connectivity index (χ0) is 10.8. The van der Waals surface area contributed by atoms with Gasteiger partial charge in [-0.2, -0.15) is 0 Å². The highest BCUT2D eigenvalue weighted by molar-refractivity contribution is 7.14. The zero-order valence-corrected chi connectivity index (χ0v) is 9.47. The van der Waals surface area contributed by atoms with Crippen molar-refractivity contribution in [2.24, 2.45) is 0 Å². The summed E-state index contributed by atoms with van der Waals surface area (Å²) < 4.78 is 5.08. The first-order valence-electron chi connectivity index (χ1n) is 5.13. The minimum Gasteiger partial charge on any atom is -0.495 e. The van der Waals surface area contributed by atoms with Crippen molar-refractivity contribution in [1.29, 1.82) is 0 Å². The fourth-order valence-corrected chi connectivity index (χ4v) is 3.24. The molecule has 1 aromatic rings. The van der Waals surface area contributed by atoms with Crippen LogP contribution in [0.15, 0.2) is 6.07 Å². The molecule has 1 heterocycles. The fourth-order valence-electron chi connectivity index (χ4n) is 2.10. The molecule has 1 aliphatic carbocycles. The number of thiophene rings is 1. The Morgan fingerprint density at radius 3 is 2.67 bits per heavy atom. The van der Waals surface area contributed by atoms with E-state index in [4.69, 9.17) is 9.84 Å². The van der Waals surface area contributed by atoms with Crippen molar-refractivity contribution in [3.05, 3.63) is 15.8 Å². The van der Waals surface area contributed by atoms with E-state index in [9.17, 15) is 4.79 Å². The van der Waals surface area contributed by atoms with Gasteiger partial charge in [-0.15, -0.1) is 11.3 Å². The molecule has 1 saturated carbocycles. The second-order valence-corrected chi connectivity index (χ2v) is 4.92. The molecule has 0 radical (unpaired) electrons. The molecule has 0 atom stereocenters. The first kappa shape index (κ1) is 10.5. The highest BCUT2D eigenvalue weighted by Gasteiger charge is 2.23. The van der Waals surface area contributed by atoms with Crippen LogP contribution in [0.4, 0.5) is 0 Å². The number of methoxy groups -OCH3 is 1. The number of ether oxygens (including phenoxy) is 1. The summed E-state index contributed by atoms with van der Waals surface area (Å²) in [5.74, 6) is 0.174. The molecule has 1 fully saturated rings. The zero-order valence-electron chi connectivity index (χ0n) is 8.66. The molecule has 0 aliphatic heterocycles. The average Bonchev–Trinajstić information content (AvgIpc) is 2.86. The summed E-state index contributed by atoms with van der Waals surface area (Å²) in [4.78, 5) is 12.4. The molecule has 3 nitrogen and oxygen atoms in total. The molecule has 4 heteroatoms. The Hall–Kier alpha value is -1.03. The van der Waals surface area contributed by atoms with Crippen LogP contribution in [0, 0.1) is 0 Å². The van der Waals surface area contributed by atoms with E-state index in [2.05, 4.69) is 0 Å². The number of carbonyl (C=O) groups is 1. The summed E-state index contributed by atoms with van der Waals surface area (Å²) in [5, 5.41) is 8.98. The van der Waals surface area contributed by atoms with Crippen molar-refractivity contribution in [3.8, 4) is 5.75 Å². The molecule has 0 unspecified atom stereocenters. The summed E-state index contributed by atoms with van der Waals surface area (Å²) in [6.45, 7) is 0. The number of aromatic carboxylic acids is 1. The van der Waals surface area contributed by atoms with Crippen molar-refractivity contribution in [1.82, 2.24) is 0 Å². The van der Waals surface area contributed by atoms with Crippen molar-refractivity contribution >= 4 is 17.3 Å². The van der Waals surface area contributed by atoms with Gasteiger partial charge in [0.2, 0.25) is 0 Å². The second-order valence-electron chi connectivity index (χ2n) is 3.83. The molecule has 82 valence electrons. The van der Waals surface area contributed by atoms with Crippen LogP contribution in [0.2, 0.25) is 0 Å². The summed E-state index contributed by atoms with van der Waals surface area (Å²) in [6, 6.07) is 1.89. The van der Waals surface area contributed by atoms with E-state index in [-0.39, 0.29) is 0 Å². The average molecular weight is 226 g/mol. The van der Waals surface area contributed by atoms with Gasteiger partial charge in [0.05, 0.1) is 7.11 Å². The minimum atomic E-state index is -0.888. The van der Waals surface area contributed by atoms with Crippen molar-refractivity contribution in [3.63, 3.8) is 0 Å². The van der Waals surface area contributed by atoms with E-state index in [1.54, 1.807) is 0 Å². The van der Waals surface area contributed by atoms with Gasteiger partial charge in [0.25, 0.3) is 0 Å². The Morgan fingerprint density at radius 1 is 1.53 bits per heavy atom. The Balaban J connectivity index is 2.29. The van der Waals surface area contributed by atoms with Crippen molar-refractivity contribution in [2.75, 3.05) is 7.11 Å². The van der Waals surface area contributed by atoms with Crippen molar-refractivity contribution in [2.45, 2.75) is 31.6 Å². The van der Waals surface area contributed by atoms with E-state index in [1.165, 1.54) is 49.0 Å². The highest BCUT2D eigenvalue weighted by Crippen LogP contribution is 2.41. The summed E-state index contributed by atoms with van der Waals surface area (Å²) >= 11 is 1.36. The molecular formula is C11H14O3S. The third-order valence-electron chi connectivity index (χ3n) is 2.89. The van der Waals surface area contributed by atoms with Crippen LogP contribution in [0.25, 0.3) is 0 Å². The molecule has 0 amide bonds. The summed E-state index contributed by atoms with van der Waals surface area (Å²) in [5.41, 5.74) is 0. The summed E-state index contributed by atoms with van der Waals surface area (Å²) in [6.07, 6.45) is 4.88. The van der Waals surface area contributed by atoms with Gasteiger partial charge in [-0.1, -0.05) is 12.8 Å². The predicted octanol–water partition coefficient (Wildman–Crippen LogP) is 3.11. The fraction of sp³-hybridized carbons (Fsp3) is 0.545. The molecule has 1 N–H and O–H groups in total. The monoisotopic (exact) mass is 226 g/mol. The molecule has 1 aromatic heterocycles. The molecule has 0 saturated heterocycles. The van der Waals surface area contributed by atoms with Gasteiger partial charge in [-0.3, -0.25) is 0 Å². The Kier molecular flexibility index (Phi) is 2.95. The Morgan fingerprint density at radius 2 is 2.20 bits per heavy atom.